The third-order valence-corrected chi connectivity index (χ3v) is 6.61. The van der Waals surface area contributed by atoms with E-state index in [4.69, 9.17) is 19.2 Å². The van der Waals surface area contributed by atoms with E-state index in [2.05, 4.69) is 10.2 Å². The Bertz CT molecular complexity index is 1170. The summed E-state index contributed by atoms with van der Waals surface area (Å²) in [7, 11) is 3.06. The molecular weight excluding hydrogens is 444 g/mol. The first-order valence-electron chi connectivity index (χ1n) is 10.8. The summed E-state index contributed by atoms with van der Waals surface area (Å²) in [6.45, 7) is 5.30. The van der Waals surface area contributed by atoms with Crippen molar-refractivity contribution < 1.29 is 19.0 Å². The zero-order valence-corrected chi connectivity index (χ0v) is 19.8. The number of thiophene rings is 1. The Hall–Kier alpha value is -2.95. The minimum absolute atomic E-state index is 0.240. The van der Waals surface area contributed by atoms with Crippen LogP contribution >= 0.6 is 11.3 Å². The van der Waals surface area contributed by atoms with Gasteiger partial charge >= 0.3 is 0 Å². The topological polar surface area (TPSA) is 94.9 Å². The van der Waals surface area contributed by atoms with Crippen LogP contribution in [0.1, 0.15) is 23.7 Å². The Kier molecular flexibility index (Phi) is 7.26. The van der Waals surface area contributed by atoms with Crippen molar-refractivity contribution >= 4 is 28.1 Å². The van der Waals surface area contributed by atoms with E-state index in [0.717, 1.165) is 18.0 Å². The Morgan fingerprint density at radius 3 is 2.64 bits per heavy atom. The van der Waals surface area contributed by atoms with Gasteiger partial charge in [-0.15, -0.1) is 11.3 Å². The number of morpholine rings is 1. The van der Waals surface area contributed by atoms with Crippen molar-refractivity contribution in [2.24, 2.45) is 0 Å². The quantitative estimate of drug-likeness (QED) is 0.537. The smallest absolute Gasteiger partial charge is 0.262 e. The second-order valence-electron chi connectivity index (χ2n) is 7.79. The molecule has 1 aliphatic rings. The zero-order chi connectivity index (χ0) is 23.4. The van der Waals surface area contributed by atoms with E-state index in [1.54, 1.807) is 37.5 Å². The van der Waals surface area contributed by atoms with Gasteiger partial charge in [-0.1, -0.05) is 6.07 Å². The highest BCUT2D eigenvalue weighted by Crippen LogP contribution is 2.30. The van der Waals surface area contributed by atoms with Gasteiger partial charge in [0, 0.05) is 24.0 Å². The molecule has 2 aromatic heterocycles. The molecule has 1 fully saturated rings. The van der Waals surface area contributed by atoms with Crippen molar-refractivity contribution in [2.45, 2.75) is 26.1 Å². The summed E-state index contributed by atoms with van der Waals surface area (Å²) in [6.07, 6.45) is 0. The van der Waals surface area contributed by atoms with Crippen molar-refractivity contribution in [3.63, 3.8) is 0 Å². The fourth-order valence-electron chi connectivity index (χ4n) is 3.89. The number of hydrogen-bond acceptors (Lipinski definition) is 8. The highest BCUT2D eigenvalue weighted by molar-refractivity contribution is 7.09. The highest BCUT2D eigenvalue weighted by atomic mass is 32.1. The second-order valence-corrected chi connectivity index (χ2v) is 8.82. The highest BCUT2D eigenvalue weighted by Gasteiger charge is 2.24. The average molecular weight is 473 g/mol. The van der Waals surface area contributed by atoms with Gasteiger partial charge in [0.25, 0.3) is 5.56 Å². The number of ether oxygens (including phenoxy) is 3. The first-order valence-corrected chi connectivity index (χ1v) is 11.7. The molecular formula is C23H28N4O5S. The molecule has 0 bridgehead atoms. The maximum absolute atomic E-state index is 13.6. The molecule has 1 N–H and O–H groups in total. The largest absolute Gasteiger partial charge is 0.493 e. The summed E-state index contributed by atoms with van der Waals surface area (Å²) in [5, 5.41) is 5.27. The van der Waals surface area contributed by atoms with Gasteiger partial charge in [0.15, 0.2) is 11.5 Å². The van der Waals surface area contributed by atoms with E-state index in [0.29, 0.717) is 54.5 Å². The third kappa shape index (κ3) is 5.02. The monoisotopic (exact) mass is 472 g/mol. The second kappa shape index (κ2) is 10.3. The molecule has 0 aliphatic carbocycles. The van der Waals surface area contributed by atoms with Crippen molar-refractivity contribution in [3.05, 3.63) is 50.7 Å². The maximum atomic E-state index is 13.6. The van der Waals surface area contributed by atoms with Gasteiger partial charge in [0.1, 0.15) is 11.9 Å². The van der Waals surface area contributed by atoms with Crippen LogP contribution in [0.5, 0.6) is 11.5 Å². The number of carbonyl (C=O) groups is 1. The summed E-state index contributed by atoms with van der Waals surface area (Å²) < 4.78 is 17.7. The van der Waals surface area contributed by atoms with Gasteiger partial charge in [-0.05, 0) is 24.4 Å². The number of fused-ring (bicyclic) bond motifs is 1. The molecule has 1 atom stereocenters. The van der Waals surface area contributed by atoms with E-state index in [-0.39, 0.29) is 11.5 Å². The molecule has 9 nitrogen and oxygen atoms in total. The number of rotatable bonds is 8. The Morgan fingerprint density at radius 2 is 1.97 bits per heavy atom. The first-order chi connectivity index (χ1) is 16.0. The summed E-state index contributed by atoms with van der Waals surface area (Å²) >= 11 is 1.57. The van der Waals surface area contributed by atoms with Crippen LogP contribution in [0.3, 0.4) is 0 Å². The molecule has 4 rings (SSSR count). The van der Waals surface area contributed by atoms with E-state index >= 15 is 0 Å². The number of amides is 1. The molecule has 0 saturated carbocycles. The molecule has 0 radical (unpaired) electrons. The predicted molar refractivity (Wildman–Crippen MR) is 126 cm³/mol. The van der Waals surface area contributed by atoms with Crippen LogP contribution in [0.15, 0.2) is 34.4 Å². The van der Waals surface area contributed by atoms with Crippen LogP contribution in [0.2, 0.25) is 0 Å². The fraction of sp³-hybridized carbons (Fsp3) is 0.435. The van der Waals surface area contributed by atoms with E-state index in [1.807, 2.05) is 17.5 Å². The summed E-state index contributed by atoms with van der Waals surface area (Å²) in [6, 6.07) is 6.48. The van der Waals surface area contributed by atoms with Crippen molar-refractivity contribution in [1.82, 2.24) is 19.8 Å². The molecule has 176 valence electrons. The fourth-order valence-corrected chi connectivity index (χ4v) is 4.54. The summed E-state index contributed by atoms with van der Waals surface area (Å²) in [5.41, 5.74) is 0.214. The molecule has 0 unspecified atom stereocenters. The normalized spacial score (nSPS) is 15.4. The van der Waals surface area contributed by atoms with Crippen LogP contribution in [0, 0.1) is 0 Å². The van der Waals surface area contributed by atoms with Crippen molar-refractivity contribution in [3.8, 4) is 11.5 Å². The molecule has 0 spiro atoms. The van der Waals surface area contributed by atoms with Gasteiger partial charge in [0.2, 0.25) is 5.91 Å². The van der Waals surface area contributed by atoms with Crippen LogP contribution in [0.4, 0.5) is 0 Å². The number of carbonyl (C=O) groups excluding carboxylic acids is 1. The number of benzene rings is 1. The lowest BCUT2D eigenvalue weighted by atomic mass is 10.2. The van der Waals surface area contributed by atoms with Crippen molar-refractivity contribution in [2.75, 3.05) is 40.5 Å². The number of methoxy groups -OCH3 is 2. The molecule has 3 aromatic rings. The number of aromatic nitrogens is 2. The summed E-state index contributed by atoms with van der Waals surface area (Å²) in [5.74, 6) is 1.22. The number of nitrogens with one attached hydrogen (secondary N) is 1. The Morgan fingerprint density at radius 1 is 1.24 bits per heavy atom. The predicted octanol–water partition coefficient (Wildman–Crippen LogP) is 2.18. The minimum atomic E-state index is -0.738. The lowest BCUT2D eigenvalue weighted by Gasteiger charge is -2.28. The maximum Gasteiger partial charge on any atom is 0.262 e. The van der Waals surface area contributed by atoms with E-state index < -0.39 is 6.04 Å². The standard InChI is InChI=1S/C23H28N4O5S/c1-15(22(28)24-13-16-5-4-10-33-16)27-21(14-26-6-8-32-9-7-26)25-18-12-20(31-3)19(30-2)11-17(18)23(27)29/h4-5,10-12,15H,6-9,13-14H2,1-3H3,(H,24,28)/t15-/m0/s1. The number of nitrogens with zero attached hydrogens (tertiary/aromatic N) is 3. The zero-order valence-electron chi connectivity index (χ0n) is 19.0. The molecule has 1 aromatic carbocycles. The molecule has 33 heavy (non-hydrogen) atoms. The van der Waals surface area contributed by atoms with Crippen LogP contribution in [-0.2, 0) is 22.6 Å². The minimum Gasteiger partial charge on any atom is -0.493 e. The average Bonchev–Trinajstić information content (AvgIpc) is 3.36. The summed E-state index contributed by atoms with van der Waals surface area (Å²) in [4.78, 5) is 34.7. The van der Waals surface area contributed by atoms with Crippen LogP contribution < -0.4 is 20.3 Å². The SMILES string of the molecule is COc1cc2nc(CN3CCOCC3)n([C@@H](C)C(=O)NCc3cccs3)c(=O)c2cc1OC. The van der Waals surface area contributed by atoms with Crippen molar-refractivity contribution in [1.29, 1.82) is 0 Å². The number of hydrogen-bond donors (Lipinski definition) is 1. The van der Waals surface area contributed by atoms with Gasteiger partial charge in [0.05, 0.1) is 51.4 Å². The first kappa shape index (κ1) is 23.2. The van der Waals surface area contributed by atoms with Gasteiger partial charge in [-0.25, -0.2) is 4.98 Å². The van der Waals surface area contributed by atoms with Crippen LogP contribution in [-0.4, -0.2) is 60.9 Å². The third-order valence-electron chi connectivity index (χ3n) is 5.73. The molecule has 3 heterocycles. The van der Waals surface area contributed by atoms with E-state index in [1.165, 1.54) is 11.7 Å². The van der Waals surface area contributed by atoms with Gasteiger partial charge < -0.3 is 19.5 Å². The van der Waals surface area contributed by atoms with Gasteiger partial charge in [-0.2, -0.15) is 0 Å². The Labute approximate surface area is 195 Å². The van der Waals surface area contributed by atoms with Crippen LogP contribution in [0.25, 0.3) is 10.9 Å². The lowest BCUT2D eigenvalue weighted by Crippen LogP contribution is -2.41. The van der Waals surface area contributed by atoms with Gasteiger partial charge in [-0.3, -0.25) is 19.1 Å². The molecule has 1 saturated heterocycles. The lowest BCUT2D eigenvalue weighted by molar-refractivity contribution is -0.124. The Balaban J connectivity index is 1.74. The molecule has 1 amide bonds. The van der Waals surface area contributed by atoms with E-state index in [9.17, 15) is 9.59 Å². The molecule has 1 aliphatic heterocycles. The molecule has 10 heteroatoms.